The Morgan fingerprint density at radius 2 is 1.26 bits per heavy atom. The molecule has 5 aromatic rings. The number of amides is 7. The van der Waals surface area contributed by atoms with Crippen molar-refractivity contribution < 1.29 is 102 Å². The number of hydrogen-bond acceptors (Lipinski definition) is 26. The standard InChI is InChI=1S/C65H85N11O21S2/c1-32-26-76-55(56(32)85)61(90)67-25-44(80)23-46(68-57(86)39-8-12-41(13-9-39)63-73-72-62(98-63)40-10-6-37(7-11-40)38-14-16-43(17-15-38)74-27-33(2)96-34(3)28-74)58(87)69-52(35(4)79)64(91)75-29-45(81)24-47(75)59(88)70-53(50(84)21-36-5-18-48(82)51(22-36)97-99(93,94)95)60(89)71-54(65(76)92)49(83)19-20-66-42(30-77)31-78/h5-18,22,32-35,42,44-47,49-50,52-56,66,77-85,93-95H,19-21,23-31H2,1-4H3,(H,67,90)(H,68,86)(H,69,87)(H,70,88)(H,71,89)/t32-,33-,34+,35+,44+,45+,46-,47-,49+,50+,52-,53-,54-,55-,56-/m0/s1. The maximum atomic E-state index is 15.0. The first-order valence-corrected chi connectivity index (χ1v) is 34.4. The summed E-state index contributed by atoms with van der Waals surface area (Å²) in [5.41, 5.74) is 4.47. The van der Waals surface area contributed by atoms with Crippen molar-refractivity contribution in [2.75, 3.05) is 57.4 Å². The molecule has 0 radical (unpaired) electrons. The lowest BCUT2D eigenvalue weighted by Crippen LogP contribution is -2.64. The fourth-order valence-electron chi connectivity index (χ4n) is 12.5. The number of fused-ring (bicyclic) bond motifs is 2. The number of morpholine rings is 1. The highest BCUT2D eigenvalue weighted by Crippen LogP contribution is 2.41. The van der Waals surface area contributed by atoms with Crippen LogP contribution in [0.3, 0.4) is 0 Å². The first-order valence-electron chi connectivity index (χ1n) is 32.2. The summed E-state index contributed by atoms with van der Waals surface area (Å²) in [6.07, 6.45) is -12.9. The van der Waals surface area contributed by atoms with Crippen LogP contribution in [0.1, 0.15) is 62.9 Å². The van der Waals surface area contributed by atoms with Gasteiger partial charge in [0.1, 0.15) is 46.3 Å². The van der Waals surface area contributed by atoms with Crippen molar-refractivity contribution in [3.8, 4) is 43.8 Å². The summed E-state index contributed by atoms with van der Waals surface area (Å²) < 4.78 is 39.3. The van der Waals surface area contributed by atoms with Gasteiger partial charge in [0, 0.05) is 80.3 Å². The number of aliphatic hydroxyl groups is 8. The number of rotatable bonds is 19. The highest BCUT2D eigenvalue weighted by Gasteiger charge is 2.50. The van der Waals surface area contributed by atoms with Crippen LogP contribution in [0.4, 0.5) is 5.69 Å². The van der Waals surface area contributed by atoms with Crippen molar-refractivity contribution in [3.05, 3.63) is 102 Å². The van der Waals surface area contributed by atoms with Crippen LogP contribution in [0.2, 0.25) is 0 Å². The second-order valence-electron chi connectivity index (χ2n) is 25.4. The number of nitrogens with zero attached hydrogens (tertiary/aromatic N) is 5. The lowest BCUT2D eigenvalue weighted by molar-refractivity contribution is -0.147. The Morgan fingerprint density at radius 3 is 1.87 bits per heavy atom. The van der Waals surface area contributed by atoms with Crippen molar-refractivity contribution in [2.45, 2.75) is 145 Å². The van der Waals surface area contributed by atoms with E-state index in [9.17, 15) is 93.2 Å². The minimum Gasteiger partial charge on any atom is -0.504 e. The zero-order valence-electron chi connectivity index (χ0n) is 54.5. The van der Waals surface area contributed by atoms with E-state index in [1.165, 1.54) is 36.5 Å². The molecular formula is C65H85N11O21S2. The number of benzene rings is 4. The normalized spacial score (nSPS) is 26.6. The number of aromatic hydroxyl groups is 1. The zero-order valence-corrected chi connectivity index (χ0v) is 56.1. The Bertz CT molecular complexity index is 3630. The largest absolute Gasteiger partial charge is 0.504 e. The third-order valence-electron chi connectivity index (χ3n) is 17.7. The van der Waals surface area contributed by atoms with E-state index >= 15 is 0 Å². The van der Waals surface area contributed by atoms with Gasteiger partial charge in [-0.3, -0.25) is 47.2 Å². The molecular weight excluding hydrogens is 1330 g/mol. The van der Waals surface area contributed by atoms with E-state index in [0.717, 1.165) is 64.3 Å². The van der Waals surface area contributed by atoms with Gasteiger partial charge in [0.05, 0.1) is 68.1 Å². The number of carbonyl (C=O) groups excluding carboxylic acids is 7. The van der Waals surface area contributed by atoms with Gasteiger partial charge in [-0.2, -0.15) is 0 Å². The highest BCUT2D eigenvalue weighted by atomic mass is 32.3. The van der Waals surface area contributed by atoms with E-state index in [-0.39, 0.29) is 29.9 Å². The van der Waals surface area contributed by atoms with E-state index in [4.69, 9.17) is 4.74 Å². The average Bonchev–Trinajstić information content (AvgIpc) is 1.59. The van der Waals surface area contributed by atoms with Crippen LogP contribution in [-0.2, 0) is 39.9 Å². The van der Waals surface area contributed by atoms with E-state index < -0.39 is 207 Å². The van der Waals surface area contributed by atoms with Gasteiger partial charge in [-0.15, -0.1) is 10.2 Å². The molecule has 0 bridgehead atoms. The van der Waals surface area contributed by atoms with Crippen LogP contribution in [0.25, 0.3) is 32.3 Å². The number of ether oxygens (including phenoxy) is 1. The van der Waals surface area contributed by atoms with Crippen LogP contribution in [0.5, 0.6) is 11.5 Å². The second-order valence-corrected chi connectivity index (χ2v) is 27.5. The Balaban J connectivity index is 0.978. The van der Waals surface area contributed by atoms with Crippen molar-refractivity contribution in [3.63, 3.8) is 0 Å². The number of β-amino-alcohol motifs (C(OH)–C–C–N with tert-alkyl or cyclic N) is 1. The van der Waals surface area contributed by atoms with Crippen LogP contribution in [-0.4, -0.2) is 265 Å². The topological polar surface area (TPSA) is 488 Å². The molecule has 5 heterocycles. The summed E-state index contributed by atoms with van der Waals surface area (Å²) in [7, 11) is 0. The molecule has 4 aliphatic heterocycles. The summed E-state index contributed by atoms with van der Waals surface area (Å²) >= 11 is -3.45. The molecule has 18 N–H and O–H groups in total. The molecule has 538 valence electrons. The fraction of sp³-hybridized carbons (Fsp3) is 0.492. The number of phenolic OH excluding ortho intramolecular Hbond substituents is 1. The van der Waals surface area contributed by atoms with Crippen molar-refractivity contribution >= 4 is 69.5 Å². The first kappa shape index (κ1) is 75.2. The molecule has 4 aromatic carbocycles. The number of aliphatic hydroxyl groups excluding tert-OH is 8. The van der Waals surface area contributed by atoms with Gasteiger partial charge in [-0.1, -0.05) is 72.9 Å². The molecule has 0 aliphatic carbocycles. The van der Waals surface area contributed by atoms with Gasteiger partial charge < -0.3 is 101 Å². The number of nitrogens with one attached hydrogen (secondary N) is 6. The molecule has 7 amide bonds. The predicted molar refractivity (Wildman–Crippen MR) is 358 cm³/mol. The summed E-state index contributed by atoms with van der Waals surface area (Å²) in [6, 6.07) is 12.8. The smallest absolute Gasteiger partial charge is 0.266 e. The summed E-state index contributed by atoms with van der Waals surface area (Å²) in [6.45, 7) is 5.24. The molecule has 4 aliphatic rings. The van der Waals surface area contributed by atoms with Crippen LogP contribution >= 0.6 is 22.5 Å². The number of anilines is 1. The zero-order chi connectivity index (χ0) is 71.7. The van der Waals surface area contributed by atoms with Crippen molar-refractivity contribution in [2.24, 2.45) is 5.92 Å². The van der Waals surface area contributed by atoms with Crippen LogP contribution < -0.4 is 41.0 Å². The second kappa shape index (κ2) is 33.0. The quantitative estimate of drug-likeness (QED) is 0.0455. The monoisotopic (exact) mass is 1420 g/mol. The molecule has 99 heavy (non-hydrogen) atoms. The van der Waals surface area contributed by atoms with E-state index in [1.807, 2.05) is 24.3 Å². The molecule has 4 fully saturated rings. The number of phenols is 1. The molecule has 9 rings (SSSR count). The molecule has 0 saturated carbocycles. The summed E-state index contributed by atoms with van der Waals surface area (Å²) in [5, 5.41) is 124. The van der Waals surface area contributed by atoms with Gasteiger partial charge in [0.25, 0.3) is 17.1 Å². The van der Waals surface area contributed by atoms with Gasteiger partial charge in [0.15, 0.2) is 11.5 Å². The molecule has 4 saturated heterocycles. The Labute approximate surface area is 574 Å². The molecule has 0 unspecified atom stereocenters. The molecule has 0 spiro atoms. The lowest BCUT2D eigenvalue weighted by Gasteiger charge is -2.36. The number of aromatic nitrogens is 2. The minimum atomic E-state index is -4.75. The van der Waals surface area contributed by atoms with Crippen molar-refractivity contribution in [1.82, 2.24) is 51.9 Å². The maximum absolute atomic E-state index is 15.0. The van der Waals surface area contributed by atoms with Gasteiger partial charge in [-0.05, 0) is 86.8 Å². The van der Waals surface area contributed by atoms with Crippen LogP contribution in [0.15, 0.2) is 91.0 Å². The molecule has 15 atom stereocenters. The molecule has 1 aromatic heterocycles. The lowest BCUT2D eigenvalue weighted by atomic mass is 9.98. The van der Waals surface area contributed by atoms with E-state index in [1.54, 1.807) is 12.1 Å². The number of hydrogen-bond donors (Lipinski definition) is 18. The Hall–Kier alpha value is -8.04. The van der Waals surface area contributed by atoms with Gasteiger partial charge in [-0.25, -0.2) is 0 Å². The first-order chi connectivity index (χ1) is 47.0. The Morgan fingerprint density at radius 1 is 0.687 bits per heavy atom. The van der Waals surface area contributed by atoms with E-state index in [0.29, 0.717) is 15.6 Å². The summed E-state index contributed by atoms with van der Waals surface area (Å²) in [4.78, 5) is 106. The predicted octanol–water partition coefficient (Wildman–Crippen LogP) is -1.34. The number of carbonyl (C=O) groups is 7. The maximum Gasteiger partial charge on any atom is 0.266 e. The third kappa shape index (κ3) is 18.9. The SMILES string of the molecule is C[C@@H]1CN(c2ccc(-c3ccc(-c4nnc(-c5ccc(C(=O)N[C@H]6C[C@@H](O)CNC(=O)[C@@H]7[C@@H](O)[C@@H](C)CN7C(=O)[C@H]([C@H](O)CCNC(CO)CO)NC(=O)[C@H]([C@H](O)Cc7ccc(O)c(OS(O)(O)O)c7)NC(=O)[C@@H]7C[C@@H](O)CN7C(=O)[C@H]([C@@H](C)O)NC6=O)cc5)s4)cc3)cc2)C[C@H](C)O1. The highest BCUT2D eigenvalue weighted by molar-refractivity contribution is 8.15. The van der Waals surface area contributed by atoms with Gasteiger partial charge in [0.2, 0.25) is 35.4 Å². The Kier molecular flexibility index (Phi) is 25.0. The fourth-order valence-corrected chi connectivity index (χ4v) is 13.7. The molecule has 34 heteroatoms. The average molecular weight is 1420 g/mol. The third-order valence-corrected chi connectivity index (χ3v) is 19.1. The van der Waals surface area contributed by atoms with Crippen LogP contribution in [0, 0.1) is 5.92 Å². The van der Waals surface area contributed by atoms with E-state index in [2.05, 4.69) is 89.3 Å². The van der Waals surface area contributed by atoms with Crippen molar-refractivity contribution in [1.29, 1.82) is 0 Å². The minimum absolute atomic E-state index is 0.00393. The summed E-state index contributed by atoms with van der Waals surface area (Å²) in [5.74, 6) is -10.5. The van der Waals surface area contributed by atoms with Gasteiger partial charge >= 0.3 is 0 Å². The molecule has 32 nitrogen and oxygen atoms in total.